The van der Waals surface area contributed by atoms with Crippen LogP contribution >= 0.6 is 31.9 Å². The molecule has 0 saturated heterocycles. The van der Waals surface area contributed by atoms with Gasteiger partial charge < -0.3 is 14.8 Å². The van der Waals surface area contributed by atoms with E-state index in [1.165, 1.54) is 0 Å². The number of benzene rings is 1. The van der Waals surface area contributed by atoms with Gasteiger partial charge in [0.15, 0.2) is 6.29 Å². The molecule has 0 spiro atoms. The lowest BCUT2D eigenvalue weighted by Crippen LogP contribution is -2.23. The van der Waals surface area contributed by atoms with Crippen LogP contribution in [0.2, 0.25) is 0 Å². The van der Waals surface area contributed by atoms with E-state index < -0.39 is 0 Å². The van der Waals surface area contributed by atoms with E-state index in [1.807, 2.05) is 18.2 Å². The standard InChI is InChI=1S/C10H13Br2NO2/c1-14-10(15-2)6-13-9-4-3-7(11)5-8(9)12/h3-5,10,13H,6H2,1-2H3. The molecule has 0 aromatic heterocycles. The Kier molecular flexibility index (Phi) is 5.60. The Hall–Kier alpha value is -0.100. The SMILES string of the molecule is COC(CNc1ccc(Br)cc1Br)OC. The molecular weight excluding hydrogens is 326 g/mol. The predicted octanol–water partition coefficient (Wildman–Crippen LogP) is 3.24. The Balaban J connectivity index is 2.57. The van der Waals surface area contributed by atoms with Gasteiger partial charge in [0, 0.05) is 28.9 Å². The van der Waals surface area contributed by atoms with E-state index >= 15 is 0 Å². The summed E-state index contributed by atoms with van der Waals surface area (Å²) >= 11 is 6.86. The van der Waals surface area contributed by atoms with Gasteiger partial charge in [0.1, 0.15) is 0 Å². The molecular formula is C10H13Br2NO2. The van der Waals surface area contributed by atoms with Gasteiger partial charge in [-0.25, -0.2) is 0 Å². The smallest absolute Gasteiger partial charge is 0.173 e. The molecule has 0 fully saturated rings. The van der Waals surface area contributed by atoms with Crippen molar-refractivity contribution in [2.45, 2.75) is 6.29 Å². The van der Waals surface area contributed by atoms with Crippen molar-refractivity contribution < 1.29 is 9.47 Å². The minimum absolute atomic E-state index is 0.236. The van der Waals surface area contributed by atoms with E-state index in [0.717, 1.165) is 14.6 Å². The van der Waals surface area contributed by atoms with Crippen LogP contribution in [-0.2, 0) is 9.47 Å². The quantitative estimate of drug-likeness (QED) is 0.836. The molecule has 0 radical (unpaired) electrons. The van der Waals surface area contributed by atoms with Crippen LogP contribution in [0.15, 0.2) is 27.1 Å². The maximum Gasteiger partial charge on any atom is 0.173 e. The lowest BCUT2D eigenvalue weighted by molar-refractivity contribution is -0.0914. The number of nitrogens with one attached hydrogen (secondary N) is 1. The second-order valence-corrected chi connectivity index (χ2v) is 4.68. The highest BCUT2D eigenvalue weighted by Crippen LogP contribution is 2.26. The molecule has 0 amide bonds. The third-order valence-corrected chi connectivity index (χ3v) is 3.07. The molecule has 3 nitrogen and oxygen atoms in total. The topological polar surface area (TPSA) is 30.5 Å². The molecule has 15 heavy (non-hydrogen) atoms. The van der Waals surface area contributed by atoms with Crippen LogP contribution in [0.1, 0.15) is 0 Å². The first-order valence-corrected chi connectivity index (χ1v) is 6.00. The second-order valence-electron chi connectivity index (χ2n) is 2.91. The Labute approximate surface area is 106 Å². The van der Waals surface area contributed by atoms with Gasteiger partial charge in [0.25, 0.3) is 0 Å². The van der Waals surface area contributed by atoms with Gasteiger partial charge in [0.05, 0.1) is 6.54 Å². The molecule has 0 aliphatic rings. The van der Waals surface area contributed by atoms with E-state index in [4.69, 9.17) is 9.47 Å². The molecule has 0 atom stereocenters. The van der Waals surface area contributed by atoms with Crippen molar-refractivity contribution in [2.75, 3.05) is 26.1 Å². The van der Waals surface area contributed by atoms with E-state index in [9.17, 15) is 0 Å². The highest BCUT2D eigenvalue weighted by Gasteiger charge is 2.06. The zero-order valence-corrected chi connectivity index (χ0v) is 11.8. The van der Waals surface area contributed by atoms with Crippen LogP contribution in [0.4, 0.5) is 5.69 Å². The molecule has 84 valence electrons. The minimum atomic E-state index is -0.236. The van der Waals surface area contributed by atoms with Gasteiger partial charge >= 0.3 is 0 Å². The summed E-state index contributed by atoms with van der Waals surface area (Å²) in [6.45, 7) is 0.604. The molecule has 1 rings (SSSR count). The largest absolute Gasteiger partial charge is 0.379 e. The van der Waals surface area contributed by atoms with Crippen molar-refractivity contribution in [3.63, 3.8) is 0 Å². The molecule has 1 N–H and O–H groups in total. The summed E-state index contributed by atoms with van der Waals surface area (Å²) < 4.78 is 12.2. The molecule has 1 aromatic carbocycles. The van der Waals surface area contributed by atoms with Crippen LogP contribution in [0.25, 0.3) is 0 Å². The molecule has 0 aliphatic heterocycles. The number of rotatable bonds is 5. The summed E-state index contributed by atoms with van der Waals surface area (Å²) in [6.07, 6.45) is -0.236. The van der Waals surface area contributed by atoms with Gasteiger partial charge in [-0.15, -0.1) is 0 Å². The van der Waals surface area contributed by atoms with Crippen molar-refractivity contribution in [3.05, 3.63) is 27.1 Å². The van der Waals surface area contributed by atoms with Crippen molar-refractivity contribution >= 4 is 37.5 Å². The summed E-state index contributed by atoms with van der Waals surface area (Å²) in [5.74, 6) is 0. The van der Waals surface area contributed by atoms with E-state index in [2.05, 4.69) is 37.2 Å². The Morgan fingerprint density at radius 3 is 2.47 bits per heavy atom. The average molecular weight is 339 g/mol. The summed E-state index contributed by atoms with van der Waals surface area (Å²) in [5.41, 5.74) is 1.01. The lowest BCUT2D eigenvalue weighted by Gasteiger charge is -2.15. The van der Waals surface area contributed by atoms with E-state index in [1.54, 1.807) is 14.2 Å². The number of hydrogen-bond acceptors (Lipinski definition) is 3. The Bertz CT molecular complexity index is 316. The summed E-state index contributed by atoms with van der Waals surface area (Å²) in [4.78, 5) is 0. The fraction of sp³-hybridized carbons (Fsp3) is 0.400. The zero-order chi connectivity index (χ0) is 11.3. The first-order chi connectivity index (χ1) is 7.17. The Morgan fingerprint density at radius 2 is 1.93 bits per heavy atom. The number of hydrogen-bond donors (Lipinski definition) is 1. The van der Waals surface area contributed by atoms with Crippen molar-refractivity contribution in [1.29, 1.82) is 0 Å². The first kappa shape index (κ1) is 13.0. The molecule has 0 heterocycles. The maximum absolute atomic E-state index is 5.08. The maximum atomic E-state index is 5.08. The van der Waals surface area contributed by atoms with Crippen molar-refractivity contribution in [3.8, 4) is 0 Å². The van der Waals surface area contributed by atoms with Gasteiger partial charge in [-0.2, -0.15) is 0 Å². The fourth-order valence-corrected chi connectivity index (χ4v) is 2.28. The lowest BCUT2D eigenvalue weighted by atomic mass is 10.3. The van der Waals surface area contributed by atoms with Crippen LogP contribution in [0, 0.1) is 0 Å². The highest BCUT2D eigenvalue weighted by atomic mass is 79.9. The number of methoxy groups -OCH3 is 2. The van der Waals surface area contributed by atoms with Crippen LogP contribution in [0.3, 0.4) is 0 Å². The Morgan fingerprint density at radius 1 is 1.27 bits per heavy atom. The number of ether oxygens (including phenoxy) is 2. The minimum Gasteiger partial charge on any atom is -0.379 e. The summed E-state index contributed by atoms with van der Waals surface area (Å²) in [5, 5.41) is 3.22. The second kappa shape index (κ2) is 6.48. The summed E-state index contributed by atoms with van der Waals surface area (Å²) in [6, 6.07) is 5.94. The number of anilines is 1. The van der Waals surface area contributed by atoms with E-state index in [-0.39, 0.29) is 6.29 Å². The van der Waals surface area contributed by atoms with Gasteiger partial charge in [-0.1, -0.05) is 15.9 Å². The average Bonchev–Trinajstić information content (AvgIpc) is 2.22. The fourth-order valence-electron chi connectivity index (χ4n) is 1.09. The monoisotopic (exact) mass is 337 g/mol. The van der Waals surface area contributed by atoms with Crippen molar-refractivity contribution in [1.82, 2.24) is 0 Å². The van der Waals surface area contributed by atoms with Crippen LogP contribution < -0.4 is 5.32 Å². The van der Waals surface area contributed by atoms with E-state index in [0.29, 0.717) is 6.54 Å². The number of halogens is 2. The van der Waals surface area contributed by atoms with Crippen LogP contribution in [0.5, 0.6) is 0 Å². The first-order valence-electron chi connectivity index (χ1n) is 4.42. The van der Waals surface area contributed by atoms with Crippen molar-refractivity contribution in [2.24, 2.45) is 0 Å². The molecule has 1 aromatic rings. The van der Waals surface area contributed by atoms with Crippen LogP contribution in [-0.4, -0.2) is 27.1 Å². The third-order valence-electron chi connectivity index (χ3n) is 1.92. The molecule has 5 heteroatoms. The molecule has 0 saturated carbocycles. The molecule has 0 unspecified atom stereocenters. The summed E-state index contributed by atoms with van der Waals surface area (Å²) in [7, 11) is 3.24. The highest BCUT2D eigenvalue weighted by molar-refractivity contribution is 9.11. The molecule has 0 bridgehead atoms. The third kappa shape index (κ3) is 4.10. The normalized spacial score (nSPS) is 10.7. The zero-order valence-electron chi connectivity index (χ0n) is 8.59. The molecule has 0 aliphatic carbocycles. The van der Waals surface area contributed by atoms with Gasteiger partial charge in [0.2, 0.25) is 0 Å². The van der Waals surface area contributed by atoms with Gasteiger partial charge in [-0.05, 0) is 34.1 Å². The predicted molar refractivity (Wildman–Crippen MR) is 68.1 cm³/mol. The van der Waals surface area contributed by atoms with Gasteiger partial charge in [-0.3, -0.25) is 0 Å².